The SMILES string of the molecule is COc1cc2ccc1Oc1cccc(F)c1CNC(=O)CCCN(Cc1ccc(Sc3nncn3C)o1)CCCNC2=O. The molecular weight excluding hydrogens is 575 g/mol. The van der Waals surface area contributed by atoms with Crippen molar-refractivity contribution in [1.29, 1.82) is 0 Å². The molecule has 2 amide bonds. The summed E-state index contributed by atoms with van der Waals surface area (Å²) < 4.78 is 34.1. The highest BCUT2D eigenvalue weighted by molar-refractivity contribution is 7.99. The van der Waals surface area contributed by atoms with E-state index in [-0.39, 0.29) is 36.1 Å². The van der Waals surface area contributed by atoms with Crippen LogP contribution in [0.5, 0.6) is 17.2 Å². The molecular formula is C30H33FN6O5S. The predicted octanol–water partition coefficient (Wildman–Crippen LogP) is 4.53. The molecule has 0 atom stereocenters. The summed E-state index contributed by atoms with van der Waals surface area (Å²) in [6, 6.07) is 13.1. The highest BCUT2D eigenvalue weighted by atomic mass is 32.2. The number of ether oxygens (including phenoxy) is 2. The minimum Gasteiger partial charge on any atom is -0.493 e. The second kappa shape index (κ2) is 14.2. The van der Waals surface area contributed by atoms with Crippen molar-refractivity contribution in [2.24, 2.45) is 7.05 Å². The van der Waals surface area contributed by atoms with Crippen LogP contribution in [-0.4, -0.2) is 58.2 Å². The van der Waals surface area contributed by atoms with Gasteiger partial charge in [-0.3, -0.25) is 14.5 Å². The van der Waals surface area contributed by atoms with Crippen molar-refractivity contribution in [3.8, 4) is 17.2 Å². The van der Waals surface area contributed by atoms with Gasteiger partial charge in [0.1, 0.15) is 23.7 Å². The quantitative estimate of drug-likeness (QED) is 0.336. The van der Waals surface area contributed by atoms with Gasteiger partial charge in [-0.15, -0.1) is 10.2 Å². The van der Waals surface area contributed by atoms with E-state index in [0.717, 1.165) is 10.9 Å². The highest BCUT2D eigenvalue weighted by Crippen LogP contribution is 2.35. The van der Waals surface area contributed by atoms with Crippen LogP contribution in [0.4, 0.5) is 4.39 Å². The summed E-state index contributed by atoms with van der Waals surface area (Å²) in [5.41, 5.74) is 0.626. The molecule has 43 heavy (non-hydrogen) atoms. The minimum atomic E-state index is -0.500. The molecule has 0 unspecified atom stereocenters. The molecule has 2 aliphatic rings. The second-order valence-electron chi connectivity index (χ2n) is 10.00. The average molecular weight is 609 g/mol. The number of hydrogen-bond donors (Lipinski definition) is 2. The van der Waals surface area contributed by atoms with Crippen molar-refractivity contribution in [2.75, 3.05) is 26.7 Å². The molecule has 0 saturated heterocycles. The van der Waals surface area contributed by atoms with Crippen LogP contribution in [0.3, 0.4) is 0 Å². The molecule has 0 aliphatic carbocycles. The number of nitrogens with one attached hydrogen (secondary N) is 2. The molecule has 0 radical (unpaired) electrons. The van der Waals surface area contributed by atoms with Gasteiger partial charge in [-0.1, -0.05) is 6.07 Å². The zero-order valence-electron chi connectivity index (χ0n) is 24.0. The Morgan fingerprint density at radius 2 is 1.93 bits per heavy atom. The lowest BCUT2D eigenvalue weighted by atomic mass is 10.1. The standard InChI is InChI=1S/C30H33FN6O5S/c1-36-19-34-35-30(36)43-28-12-10-21(41-28)18-37-14-4-8-27(38)33-17-22-23(31)6-3-7-24(22)42-25-11-9-20(16-26(25)40-2)29(39)32-13-5-15-37/h3,6-7,9-12,16,19H,4-5,8,13-15,17-18H2,1-2H3,(H,32,39)(H,33,38). The molecule has 2 aromatic heterocycles. The lowest BCUT2D eigenvalue weighted by Gasteiger charge is -2.21. The Hall–Kier alpha value is -4.36. The summed E-state index contributed by atoms with van der Waals surface area (Å²) in [7, 11) is 3.34. The van der Waals surface area contributed by atoms with Crippen LogP contribution in [-0.2, 0) is 24.9 Å². The molecule has 0 spiro atoms. The number of rotatable bonds is 5. The van der Waals surface area contributed by atoms with Crippen LogP contribution < -0.4 is 20.1 Å². The van der Waals surface area contributed by atoms with E-state index in [0.29, 0.717) is 61.2 Å². The molecule has 0 fully saturated rings. The fourth-order valence-corrected chi connectivity index (χ4v) is 5.35. The zero-order valence-corrected chi connectivity index (χ0v) is 24.8. The summed E-state index contributed by atoms with van der Waals surface area (Å²) in [5, 5.41) is 15.2. The number of halogens is 1. The Kier molecular flexibility index (Phi) is 9.95. The lowest BCUT2D eigenvalue weighted by Crippen LogP contribution is -2.31. The third kappa shape index (κ3) is 7.93. The first-order valence-corrected chi connectivity index (χ1v) is 14.7. The molecule has 2 bridgehead atoms. The summed E-state index contributed by atoms with van der Waals surface area (Å²) in [6.45, 7) is 2.24. The number of benzene rings is 2. The first-order valence-electron chi connectivity index (χ1n) is 13.9. The van der Waals surface area contributed by atoms with Crippen molar-refractivity contribution < 1.29 is 27.9 Å². The van der Waals surface area contributed by atoms with E-state index in [1.54, 1.807) is 30.6 Å². The maximum absolute atomic E-state index is 14.8. The molecule has 2 aliphatic heterocycles. The van der Waals surface area contributed by atoms with Crippen LogP contribution in [0.2, 0.25) is 0 Å². The van der Waals surface area contributed by atoms with E-state index in [9.17, 15) is 14.0 Å². The van der Waals surface area contributed by atoms with E-state index in [4.69, 9.17) is 13.9 Å². The summed E-state index contributed by atoms with van der Waals surface area (Å²) >= 11 is 1.38. The Morgan fingerprint density at radius 1 is 1.07 bits per heavy atom. The number of aromatic nitrogens is 3. The van der Waals surface area contributed by atoms with Crippen molar-refractivity contribution >= 4 is 23.6 Å². The van der Waals surface area contributed by atoms with Gasteiger partial charge in [0.2, 0.25) is 5.91 Å². The number of amides is 2. The molecule has 6 rings (SSSR count). The number of aryl methyl sites for hydroxylation is 1. The van der Waals surface area contributed by atoms with Gasteiger partial charge in [0.15, 0.2) is 21.7 Å². The Balaban J connectivity index is 1.31. The Morgan fingerprint density at radius 3 is 2.74 bits per heavy atom. The van der Waals surface area contributed by atoms with E-state index in [1.165, 1.54) is 31.0 Å². The molecule has 2 aromatic carbocycles. The van der Waals surface area contributed by atoms with Crippen LogP contribution in [0, 0.1) is 5.82 Å². The van der Waals surface area contributed by atoms with Gasteiger partial charge in [0.25, 0.3) is 5.91 Å². The predicted molar refractivity (Wildman–Crippen MR) is 157 cm³/mol. The first kappa shape index (κ1) is 30.1. The molecule has 2 N–H and O–H groups in total. The molecule has 226 valence electrons. The van der Waals surface area contributed by atoms with Gasteiger partial charge in [-0.05, 0) is 73.6 Å². The third-order valence-corrected chi connectivity index (χ3v) is 7.85. The number of nitrogens with zero attached hydrogens (tertiary/aromatic N) is 4. The Labute approximate surface area is 252 Å². The van der Waals surface area contributed by atoms with Gasteiger partial charge in [0.05, 0.1) is 13.7 Å². The van der Waals surface area contributed by atoms with Crippen LogP contribution >= 0.6 is 11.8 Å². The topological polar surface area (TPSA) is 124 Å². The van der Waals surface area contributed by atoms with Gasteiger partial charge < -0.3 is 29.1 Å². The monoisotopic (exact) mass is 608 g/mol. The maximum atomic E-state index is 14.8. The summed E-state index contributed by atoms with van der Waals surface area (Å²) in [6.07, 6.45) is 3.16. The molecule has 13 heteroatoms. The van der Waals surface area contributed by atoms with Gasteiger partial charge >= 0.3 is 0 Å². The van der Waals surface area contributed by atoms with Gasteiger partial charge in [0, 0.05) is 44.2 Å². The van der Waals surface area contributed by atoms with Crippen LogP contribution in [0.15, 0.2) is 69.5 Å². The molecule has 4 heterocycles. The minimum absolute atomic E-state index is 0.0360. The van der Waals surface area contributed by atoms with Crippen molar-refractivity contribution in [3.63, 3.8) is 0 Å². The van der Waals surface area contributed by atoms with Crippen molar-refractivity contribution in [2.45, 2.75) is 42.6 Å². The summed E-state index contributed by atoms with van der Waals surface area (Å²) in [5.74, 6) is 0.729. The average Bonchev–Trinajstić information content (AvgIpc) is 3.62. The first-order chi connectivity index (χ1) is 20.9. The number of methoxy groups -OCH3 is 1. The number of hydrogen-bond acceptors (Lipinski definition) is 9. The van der Waals surface area contributed by atoms with Gasteiger partial charge in [-0.25, -0.2) is 4.39 Å². The number of carbonyl (C=O) groups excluding carboxylic acids is 2. The number of fused-ring (bicyclic) bond motifs is 13. The smallest absolute Gasteiger partial charge is 0.251 e. The fraction of sp³-hybridized carbons (Fsp3) is 0.333. The maximum Gasteiger partial charge on any atom is 0.251 e. The van der Waals surface area contributed by atoms with Crippen LogP contribution in [0.25, 0.3) is 0 Å². The fourth-order valence-electron chi connectivity index (χ4n) is 4.61. The van der Waals surface area contributed by atoms with E-state index in [2.05, 4.69) is 25.7 Å². The van der Waals surface area contributed by atoms with Crippen molar-refractivity contribution in [1.82, 2.24) is 30.3 Å². The molecule has 4 aromatic rings. The lowest BCUT2D eigenvalue weighted by molar-refractivity contribution is -0.121. The number of furan rings is 1. The number of carbonyl (C=O) groups is 2. The summed E-state index contributed by atoms with van der Waals surface area (Å²) in [4.78, 5) is 27.8. The molecule has 0 saturated carbocycles. The molecule has 11 nitrogen and oxygen atoms in total. The van der Waals surface area contributed by atoms with Crippen molar-refractivity contribution in [3.05, 3.63) is 77.6 Å². The zero-order chi connectivity index (χ0) is 30.2. The van der Waals surface area contributed by atoms with Gasteiger partial charge in [-0.2, -0.15) is 0 Å². The largest absolute Gasteiger partial charge is 0.493 e. The second-order valence-corrected chi connectivity index (χ2v) is 11.0. The third-order valence-electron chi connectivity index (χ3n) is 6.88. The Bertz CT molecular complexity index is 1570. The highest BCUT2D eigenvalue weighted by Gasteiger charge is 2.18. The van der Waals surface area contributed by atoms with Crippen LogP contribution in [0.1, 0.15) is 40.9 Å². The van der Waals surface area contributed by atoms with E-state index < -0.39 is 5.82 Å². The normalized spacial score (nSPS) is 15.4. The van der Waals surface area contributed by atoms with E-state index >= 15 is 0 Å². The van der Waals surface area contributed by atoms with E-state index in [1.807, 2.05) is 23.7 Å².